The minimum atomic E-state index is -0.415. The normalized spacial score (nSPS) is 11.3. The fourth-order valence-electron chi connectivity index (χ4n) is 1.49. The number of imidazole rings is 1. The molecule has 102 valence electrons. The van der Waals surface area contributed by atoms with Gasteiger partial charge in [-0.2, -0.15) is 0 Å². The van der Waals surface area contributed by atoms with Gasteiger partial charge in [-0.3, -0.25) is 4.57 Å². The first-order chi connectivity index (χ1) is 9.70. The van der Waals surface area contributed by atoms with Gasteiger partial charge in [-0.1, -0.05) is 17.5 Å². The molecule has 0 radical (unpaired) electrons. The number of rotatable bonds is 4. The number of benzene rings is 1. The minimum absolute atomic E-state index is 0.171. The molecule has 1 heterocycles. The van der Waals surface area contributed by atoms with Gasteiger partial charge in [-0.15, -0.1) is 6.42 Å². The Labute approximate surface area is 120 Å². The minimum Gasteiger partial charge on any atom is -0.361 e. The van der Waals surface area contributed by atoms with Gasteiger partial charge in [0.2, 0.25) is 0 Å². The lowest BCUT2D eigenvalue weighted by Gasteiger charge is -2.08. The number of ether oxygens (including phenoxy) is 1. The van der Waals surface area contributed by atoms with E-state index in [1.54, 1.807) is 23.3 Å². The first-order valence-corrected chi connectivity index (χ1v) is 6.10. The van der Waals surface area contributed by atoms with E-state index < -0.39 is 5.82 Å². The molecular formula is C14H11ClFN3O. The summed E-state index contributed by atoms with van der Waals surface area (Å²) in [6, 6.07) is 3.99. The number of hydrogen-bond acceptors (Lipinski definition) is 3. The van der Waals surface area contributed by atoms with Gasteiger partial charge in [0, 0.05) is 12.4 Å². The van der Waals surface area contributed by atoms with E-state index in [1.165, 1.54) is 18.2 Å². The van der Waals surface area contributed by atoms with E-state index in [9.17, 15) is 4.39 Å². The molecular weight excluding hydrogens is 281 g/mol. The summed E-state index contributed by atoms with van der Waals surface area (Å²) >= 11 is 5.95. The van der Waals surface area contributed by atoms with Gasteiger partial charge < -0.3 is 4.74 Å². The molecule has 0 aliphatic heterocycles. The monoisotopic (exact) mass is 291 g/mol. The molecule has 2 aromatic rings. The Morgan fingerprint density at radius 2 is 2.40 bits per heavy atom. The molecule has 6 heteroatoms. The van der Waals surface area contributed by atoms with E-state index in [4.69, 9.17) is 22.8 Å². The average Bonchev–Trinajstić information content (AvgIpc) is 2.94. The second-order valence-corrected chi connectivity index (χ2v) is 4.20. The SMILES string of the molecule is C#CCOC/C(=N\c1ccc(F)cc1Cl)n1ccnc1. The van der Waals surface area contributed by atoms with Gasteiger partial charge in [0.1, 0.15) is 31.2 Å². The largest absolute Gasteiger partial charge is 0.361 e. The van der Waals surface area contributed by atoms with Crippen LogP contribution < -0.4 is 0 Å². The topological polar surface area (TPSA) is 39.4 Å². The number of nitrogens with zero attached hydrogens (tertiary/aromatic N) is 3. The Morgan fingerprint density at radius 3 is 3.05 bits per heavy atom. The highest BCUT2D eigenvalue weighted by molar-refractivity contribution is 6.33. The van der Waals surface area contributed by atoms with Crippen LogP contribution in [0.4, 0.5) is 10.1 Å². The third-order valence-electron chi connectivity index (χ3n) is 2.38. The Morgan fingerprint density at radius 1 is 1.55 bits per heavy atom. The molecule has 4 nitrogen and oxygen atoms in total. The van der Waals surface area contributed by atoms with Crippen LogP contribution in [0, 0.1) is 18.2 Å². The molecule has 0 amide bonds. The third kappa shape index (κ3) is 3.67. The highest BCUT2D eigenvalue weighted by Gasteiger charge is 2.06. The fourth-order valence-corrected chi connectivity index (χ4v) is 1.70. The average molecular weight is 292 g/mol. The number of aliphatic imine (C=N–C) groups is 1. The van der Waals surface area contributed by atoms with Crippen LogP contribution in [-0.4, -0.2) is 28.6 Å². The lowest BCUT2D eigenvalue weighted by Crippen LogP contribution is -2.17. The summed E-state index contributed by atoms with van der Waals surface area (Å²) in [5.74, 6) is 2.51. The Kier molecular flexibility index (Phi) is 4.88. The van der Waals surface area contributed by atoms with Crippen LogP contribution in [0.2, 0.25) is 5.02 Å². The van der Waals surface area contributed by atoms with Crippen molar-refractivity contribution in [3.8, 4) is 12.3 Å². The highest BCUT2D eigenvalue weighted by atomic mass is 35.5. The van der Waals surface area contributed by atoms with Crippen molar-refractivity contribution in [1.82, 2.24) is 9.55 Å². The second kappa shape index (κ2) is 6.85. The van der Waals surface area contributed by atoms with Crippen molar-refractivity contribution in [2.24, 2.45) is 4.99 Å². The molecule has 0 atom stereocenters. The molecule has 20 heavy (non-hydrogen) atoms. The van der Waals surface area contributed by atoms with Crippen molar-refractivity contribution in [3.05, 3.63) is 47.8 Å². The molecule has 0 bridgehead atoms. The zero-order valence-electron chi connectivity index (χ0n) is 10.5. The zero-order valence-corrected chi connectivity index (χ0v) is 11.2. The first kappa shape index (κ1) is 14.3. The Hall–Kier alpha value is -2.16. The predicted octanol–water partition coefficient (Wildman–Crippen LogP) is 2.90. The van der Waals surface area contributed by atoms with Gasteiger partial charge in [0.25, 0.3) is 0 Å². The maximum Gasteiger partial charge on any atom is 0.140 e. The molecule has 1 aromatic carbocycles. The van der Waals surface area contributed by atoms with Crippen molar-refractivity contribution < 1.29 is 9.13 Å². The van der Waals surface area contributed by atoms with E-state index in [0.29, 0.717) is 11.5 Å². The van der Waals surface area contributed by atoms with Crippen LogP contribution in [0.15, 0.2) is 41.9 Å². The van der Waals surface area contributed by atoms with Crippen LogP contribution in [0.5, 0.6) is 0 Å². The van der Waals surface area contributed by atoms with Crippen molar-refractivity contribution in [2.45, 2.75) is 0 Å². The van der Waals surface area contributed by atoms with Gasteiger partial charge in [0.05, 0.1) is 10.7 Å². The summed E-state index contributed by atoms with van der Waals surface area (Å²) in [5.41, 5.74) is 0.445. The standard InChI is InChI=1S/C14H11ClFN3O/c1-2-7-20-9-14(19-6-5-17-10-19)18-13-4-3-11(16)8-12(13)15/h1,3-6,8,10H,7,9H2/b18-14+. The molecule has 0 saturated heterocycles. The molecule has 0 aliphatic rings. The van der Waals surface area contributed by atoms with Crippen molar-refractivity contribution in [3.63, 3.8) is 0 Å². The summed E-state index contributed by atoms with van der Waals surface area (Å²) in [5, 5.41) is 0.222. The molecule has 0 spiro atoms. The van der Waals surface area contributed by atoms with Crippen molar-refractivity contribution in [1.29, 1.82) is 0 Å². The summed E-state index contributed by atoms with van der Waals surface area (Å²) in [7, 11) is 0. The maximum atomic E-state index is 13.0. The van der Waals surface area contributed by atoms with E-state index in [2.05, 4.69) is 15.9 Å². The maximum absolute atomic E-state index is 13.0. The molecule has 1 aromatic heterocycles. The van der Waals surface area contributed by atoms with Gasteiger partial charge >= 0.3 is 0 Å². The Bertz CT molecular complexity index is 647. The van der Waals surface area contributed by atoms with Crippen LogP contribution in [0.1, 0.15) is 0 Å². The Balaban J connectivity index is 2.30. The lowest BCUT2D eigenvalue weighted by atomic mass is 10.3. The van der Waals surface area contributed by atoms with Gasteiger partial charge in [-0.25, -0.2) is 14.4 Å². The highest BCUT2D eigenvalue weighted by Crippen LogP contribution is 2.25. The van der Waals surface area contributed by atoms with Crippen LogP contribution in [0.3, 0.4) is 0 Å². The number of terminal acetylenes is 1. The van der Waals surface area contributed by atoms with Gasteiger partial charge in [0.15, 0.2) is 0 Å². The molecule has 2 rings (SSSR count). The predicted molar refractivity (Wildman–Crippen MR) is 75.8 cm³/mol. The molecule has 0 aliphatic carbocycles. The van der Waals surface area contributed by atoms with Crippen LogP contribution >= 0.6 is 11.6 Å². The van der Waals surface area contributed by atoms with E-state index in [0.717, 1.165) is 0 Å². The molecule has 0 saturated carbocycles. The van der Waals surface area contributed by atoms with E-state index >= 15 is 0 Å². The summed E-state index contributed by atoms with van der Waals surface area (Å²) < 4.78 is 20.0. The second-order valence-electron chi connectivity index (χ2n) is 3.79. The fraction of sp³-hybridized carbons (Fsp3) is 0.143. The summed E-state index contributed by atoms with van der Waals surface area (Å²) in [6.45, 7) is 0.360. The zero-order chi connectivity index (χ0) is 14.4. The van der Waals surface area contributed by atoms with Crippen LogP contribution in [-0.2, 0) is 4.74 Å². The van der Waals surface area contributed by atoms with Crippen molar-refractivity contribution in [2.75, 3.05) is 13.2 Å². The molecule has 0 fully saturated rings. The molecule has 0 unspecified atom stereocenters. The quantitative estimate of drug-likeness (QED) is 0.376. The smallest absolute Gasteiger partial charge is 0.140 e. The van der Waals surface area contributed by atoms with Gasteiger partial charge in [-0.05, 0) is 18.2 Å². The number of aromatic nitrogens is 2. The number of halogens is 2. The lowest BCUT2D eigenvalue weighted by molar-refractivity contribution is 0.208. The first-order valence-electron chi connectivity index (χ1n) is 5.73. The summed E-state index contributed by atoms with van der Waals surface area (Å²) in [6.07, 6.45) is 10.0. The molecule has 0 N–H and O–H groups in total. The summed E-state index contributed by atoms with van der Waals surface area (Å²) in [4.78, 5) is 8.30. The van der Waals surface area contributed by atoms with Crippen LogP contribution in [0.25, 0.3) is 0 Å². The third-order valence-corrected chi connectivity index (χ3v) is 2.68. The van der Waals surface area contributed by atoms with E-state index in [1.807, 2.05) is 0 Å². The van der Waals surface area contributed by atoms with Crippen molar-refractivity contribution >= 4 is 23.1 Å². The van der Waals surface area contributed by atoms with E-state index in [-0.39, 0.29) is 18.2 Å². The number of hydrogen-bond donors (Lipinski definition) is 0.